The van der Waals surface area contributed by atoms with E-state index in [0.717, 1.165) is 29.8 Å². The lowest BCUT2D eigenvalue weighted by Gasteiger charge is -2.26. The zero-order valence-corrected chi connectivity index (χ0v) is 18.2. The fraction of sp³-hybridized carbons (Fsp3) is 0.471. The second kappa shape index (κ2) is 9.96. The maximum Gasteiger partial charge on any atom is 0.191 e. The van der Waals surface area contributed by atoms with Crippen LogP contribution in [0.3, 0.4) is 0 Å². The van der Waals surface area contributed by atoms with E-state index in [1.54, 1.807) is 13.4 Å². The van der Waals surface area contributed by atoms with E-state index in [1.165, 1.54) is 5.56 Å². The third-order valence-electron chi connectivity index (χ3n) is 3.75. The predicted octanol–water partition coefficient (Wildman–Crippen LogP) is 3.02. The van der Waals surface area contributed by atoms with Gasteiger partial charge in [-0.15, -0.1) is 34.2 Å². The molecule has 6 nitrogen and oxygen atoms in total. The Morgan fingerprint density at radius 2 is 2.08 bits per heavy atom. The van der Waals surface area contributed by atoms with Crippen LogP contribution in [-0.4, -0.2) is 34.3 Å². The Morgan fingerprint density at radius 3 is 2.68 bits per heavy atom. The molecular weight excluding hydrogens is 451 g/mol. The number of rotatable bonds is 6. The minimum absolute atomic E-state index is 0. The van der Waals surface area contributed by atoms with Gasteiger partial charge in [-0.3, -0.25) is 4.99 Å². The Balaban J connectivity index is 0.00000312. The van der Waals surface area contributed by atoms with Crippen LogP contribution in [-0.2, 0) is 20.0 Å². The van der Waals surface area contributed by atoms with Gasteiger partial charge in [0.2, 0.25) is 0 Å². The molecule has 138 valence electrons. The highest BCUT2D eigenvalue weighted by Crippen LogP contribution is 2.22. The monoisotopic (exact) mass is 476 g/mol. The molecule has 0 saturated carbocycles. The van der Waals surface area contributed by atoms with Crippen LogP contribution in [0.15, 0.2) is 35.6 Å². The Morgan fingerprint density at radius 1 is 1.32 bits per heavy atom. The van der Waals surface area contributed by atoms with Crippen molar-refractivity contribution in [1.82, 2.24) is 25.4 Å². The first-order valence-corrected chi connectivity index (χ1v) is 8.29. The van der Waals surface area contributed by atoms with Gasteiger partial charge in [-0.05, 0) is 29.5 Å². The molecule has 1 aromatic carbocycles. The SMILES string of the molecule is CN=C(NCc1nncn1C)NCC(C)(C)Cc1cccc(Cl)c1.I. The number of hydrogen-bond acceptors (Lipinski definition) is 3. The minimum atomic E-state index is 0. The van der Waals surface area contributed by atoms with Crippen molar-refractivity contribution in [1.29, 1.82) is 0 Å². The van der Waals surface area contributed by atoms with Crippen LogP contribution in [0.2, 0.25) is 5.02 Å². The molecule has 1 heterocycles. The van der Waals surface area contributed by atoms with Crippen molar-refractivity contribution < 1.29 is 0 Å². The van der Waals surface area contributed by atoms with E-state index in [0.29, 0.717) is 6.54 Å². The quantitative estimate of drug-likeness (QED) is 0.382. The Kier molecular flexibility index (Phi) is 8.64. The number of benzene rings is 1. The molecule has 0 saturated heterocycles. The molecule has 0 spiro atoms. The molecular formula is C17H26ClIN6. The molecule has 0 unspecified atom stereocenters. The van der Waals surface area contributed by atoms with E-state index in [-0.39, 0.29) is 29.4 Å². The van der Waals surface area contributed by atoms with E-state index >= 15 is 0 Å². The molecule has 0 fully saturated rings. The topological polar surface area (TPSA) is 67.1 Å². The number of guanidine groups is 1. The Hall–Kier alpha value is -1.35. The number of aryl methyl sites for hydroxylation is 1. The van der Waals surface area contributed by atoms with E-state index in [1.807, 2.05) is 29.8 Å². The summed E-state index contributed by atoms with van der Waals surface area (Å²) in [7, 11) is 3.68. The Bertz CT molecular complexity index is 698. The molecule has 0 aliphatic heterocycles. The van der Waals surface area contributed by atoms with Crippen LogP contribution in [0.5, 0.6) is 0 Å². The van der Waals surface area contributed by atoms with Crippen molar-refractivity contribution in [3.8, 4) is 0 Å². The van der Waals surface area contributed by atoms with Gasteiger partial charge in [0, 0.05) is 25.7 Å². The molecule has 0 aliphatic rings. The number of aliphatic imine (C=N–C) groups is 1. The van der Waals surface area contributed by atoms with Gasteiger partial charge in [-0.2, -0.15) is 0 Å². The van der Waals surface area contributed by atoms with Gasteiger partial charge in [0.25, 0.3) is 0 Å². The van der Waals surface area contributed by atoms with Crippen LogP contribution in [0, 0.1) is 5.41 Å². The van der Waals surface area contributed by atoms with E-state index in [2.05, 4.69) is 45.7 Å². The fourth-order valence-corrected chi connectivity index (χ4v) is 2.65. The zero-order chi connectivity index (χ0) is 17.6. The largest absolute Gasteiger partial charge is 0.356 e. The van der Waals surface area contributed by atoms with Crippen molar-refractivity contribution in [3.05, 3.63) is 47.0 Å². The van der Waals surface area contributed by atoms with Crippen LogP contribution >= 0.6 is 35.6 Å². The first-order valence-electron chi connectivity index (χ1n) is 7.91. The Labute approximate surface area is 171 Å². The van der Waals surface area contributed by atoms with Crippen LogP contribution < -0.4 is 10.6 Å². The third kappa shape index (κ3) is 7.19. The van der Waals surface area contributed by atoms with Crippen molar-refractivity contribution >= 4 is 41.5 Å². The number of aromatic nitrogens is 3. The third-order valence-corrected chi connectivity index (χ3v) is 3.98. The molecule has 0 bridgehead atoms. The first kappa shape index (κ1) is 21.7. The first-order chi connectivity index (χ1) is 11.4. The van der Waals surface area contributed by atoms with Gasteiger partial charge in [0.15, 0.2) is 11.8 Å². The van der Waals surface area contributed by atoms with Crippen molar-refractivity contribution in [2.24, 2.45) is 17.5 Å². The second-order valence-electron chi connectivity index (χ2n) is 6.61. The van der Waals surface area contributed by atoms with Gasteiger partial charge in [0.1, 0.15) is 6.33 Å². The lowest BCUT2D eigenvalue weighted by molar-refractivity contribution is 0.359. The molecule has 8 heteroatoms. The van der Waals surface area contributed by atoms with Crippen molar-refractivity contribution in [2.75, 3.05) is 13.6 Å². The number of hydrogen-bond donors (Lipinski definition) is 2. The van der Waals surface area contributed by atoms with Crippen LogP contribution in [0.4, 0.5) is 0 Å². The standard InChI is InChI=1S/C17H25ClN6.HI/c1-17(2,9-13-6-5-7-14(18)8-13)11-21-16(19-3)20-10-15-23-22-12-24(15)4;/h5-8,12H,9-11H2,1-4H3,(H2,19,20,21);1H. The summed E-state index contributed by atoms with van der Waals surface area (Å²) < 4.78 is 1.88. The average molecular weight is 477 g/mol. The summed E-state index contributed by atoms with van der Waals surface area (Å²) in [5, 5.41) is 15.3. The van der Waals surface area contributed by atoms with Crippen molar-refractivity contribution in [3.63, 3.8) is 0 Å². The molecule has 0 radical (unpaired) electrons. The van der Waals surface area contributed by atoms with E-state index < -0.39 is 0 Å². The van der Waals surface area contributed by atoms with E-state index in [9.17, 15) is 0 Å². The van der Waals surface area contributed by atoms with Gasteiger partial charge >= 0.3 is 0 Å². The number of nitrogens with zero attached hydrogens (tertiary/aromatic N) is 4. The van der Waals surface area contributed by atoms with E-state index in [4.69, 9.17) is 11.6 Å². The summed E-state index contributed by atoms with van der Waals surface area (Å²) in [4.78, 5) is 4.26. The molecule has 0 aliphatic carbocycles. The molecule has 1 aromatic heterocycles. The average Bonchev–Trinajstić information content (AvgIpc) is 2.92. The van der Waals surface area contributed by atoms with Gasteiger partial charge in [0.05, 0.1) is 6.54 Å². The van der Waals surface area contributed by atoms with Gasteiger partial charge in [-0.1, -0.05) is 37.6 Å². The molecule has 2 rings (SSSR count). The zero-order valence-electron chi connectivity index (χ0n) is 15.1. The summed E-state index contributed by atoms with van der Waals surface area (Å²) in [6.45, 7) is 5.80. The summed E-state index contributed by atoms with van der Waals surface area (Å²) >= 11 is 6.07. The molecule has 2 aromatic rings. The summed E-state index contributed by atoms with van der Waals surface area (Å²) in [6.07, 6.45) is 2.61. The smallest absolute Gasteiger partial charge is 0.191 e. The second-order valence-corrected chi connectivity index (χ2v) is 7.04. The normalized spacial score (nSPS) is 11.8. The maximum absolute atomic E-state index is 6.07. The lowest BCUT2D eigenvalue weighted by atomic mass is 9.86. The molecule has 0 atom stereocenters. The summed E-state index contributed by atoms with van der Waals surface area (Å²) in [5.41, 5.74) is 1.30. The fourth-order valence-electron chi connectivity index (χ4n) is 2.44. The van der Waals surface area contributed by atoms with Crippen molar-refractivity contribution in [2.45, 2.75) is 26.8 Å². The van der Waals surface area contributed by atoms with Crippen LogP contribution in [0.25, 0.3) is 0 Å². The maximum atomic E-state index is 6.07. The molecule has 2 N–H and O–H groups in total. The molecule has 25 heavy (non-hydrogen) atoms. The minimum Gasteiger partial charge on any atom is -0.356 e. The number of halogens is 2. The highest BCUT2D eigenvalue weighted by Gasteiger charge is 2.19. The predicted molar refractivity (Wildman–Crippen MR) is 114 cm³/mol. The lowest BCUT2D eigenvalue weighted by Crippen LogP contribution is -2.42. The highest BCUT2D eigenvalue weighted by atomic mass is 127. The van der Waals surface area contributed by atoms with Gasteiger partial charge in [-0.25, -0.2) is 0 Å². The van der Waals surface area contributed by atoms with Crippen LogP contribution in [0.1, 0.15) is 25.2 Å². The molecule has 0 amide bonds. The summed E-state index contributed by atoms with van der Waals surface area (Å²) in [5.74, 6) is 1.60. The highest BCUT2D eigenvalue weighted by molar-refractivity contribution is 14.0. The van der Waals surface area contributed by atoms with Gasteiger partial charge < -0.3 is 15.2 Å². The number of nitrogens with one attached hydrogen (secondary N) is 2. The summed E-state index contributed by atoms with van der Waals surface area (Å²) in [6, 6.07) is 8.01.